The van der Waals surface area contributed by atoms with E-state index in [4.69, 9.17) is 0 Å². The van der Waals surface area contributed by atoms with E-state index in [0.717, 1.165) is 0 Å². The van der Waals surface area contributed by atoms with Crippen LogP contribution in [-0.2, 0) is 7.05 Å². The predicted octanol–water partition coefficient (Wildman–Crippen LogP) is 2.99. The standard InChI is InChI=1S/C16H14N4O2S/c1-20-8-7-14(19-20)18-15(21)11-4-2-5-12(10-11)17-16(22)13-6-3-9-23-13/h2-10H,1H3,(H,17,22)(H,18,19,21). The fourth-order valence-corrected chi connectivity index (χ4v) is 2.63. The van der Waals surface area contributed by atoms with Gasteiger partial charge in [-0.15, -0.1) is 11.3 Å². The fourth-order valence-electron chi connectivity index (χ4n) is 2.01. The minimum absolute atomic E-state index is 0.192. The lowest BCUT2D eigenvalue weighted by Gasteiger charge is -2.06. The molecule has 0 aliphatic rings. The predicted molar refractivity (Wildman–Crippen MR) is 89.9 cm³/mol. The Morgan fingerprint density at radius 2 is 1.96 bits per heavy atom. The van der Waals surface area contributed by atoms with Crippen LogP contribution in [0, 0.1) is 0 Å². The number of amides is 2. The molecule has 2 N–H and O–H groups in total. The lowest BCUT2D eigenvalue weighted by molar-refractivity contribution is 0.101. The van der Waals surface area contributed by atoms with Crippen molar-refractivity contribution in [1.82, 2.24) is 9.78 Å². The molecule has 0 saturated heterocycles. The Morgan fingerprint density at radius 3 is 2.65 bits per heavy atom. The molecule has 0 radical (unpaired) electrons. The maximum absolute atomic E-state index is 12.2. The summed E-state index contributed by atoms with van der Waals surface area (Å²) < 4.78 is 1.60. The third-order valence-corrected chi connectivity index (χ3v) is 3.95. The highest BCUT2D eigenvalue weighted by molar-refractivity contribution is 7.12. The van der Waals surface area contributed by atoms with Crippen LogP contribution >= 0.6 is 11.3 Å². The summed E-state index contributed by atoms with van der Waals surface area (Å²) in [6.07, 6.45) is 1.74. The van der Waals surface area contributed by atoms with Crippen molar-refractivity contribution in [2.45, 2.75) is 0 Å². The first-order valence-electron chi connectivity index (χ1n) is 6.88. The number of hydrogen-bond acceptors (Lipinski definition) is 4. The second-order valence-electron chi connectivity index (χ2n) is 4.84. The smallest absolute Gasteiger partial charge is 0.265 e. The number of benzene rings is 1. The summed E-state index contributed by atoms with van der Waals surface area (Å²) in [5, 5.41) is 11.4. The van der Waals surface area contributed by atoms with Gasteiger partial charge in [0.15, 0.2) is 5.82 Å². The summed E-state index contributed by atoms with van der Waals surface area (Å²) in [6, 6.07) is 12.0. The Kier molecular flexibility index (Phi) is 4.20. The molecule has 0 saturated carbocycles. The second-order valence-corrected chi connectivity index (χ2v) is 5.79. The van der Waals surface area contributed by atoms with Crippen LogP contribution in [0.25, 0.3) is 0 Å². The number of hydrogen-bond donors (Lipinski definition) is 2. The molecule has 0 spiro atoms. The maximum Gasteiger partial charge on any atom is 0.265 e. The van der Waals surface area contributed by atoms with Crippen LogP contribution in [-0.4, -0.2) is 21.6 Å². The van der Waals surface area contributed by atoms with Gasteiger partial charge in [0, 0.05) is 30.6 Å². The van der Waals surface area contributed by atoms with E-state index in [2.05, 4.69) is 15.7 Å². The molecule has 116 valence electrons. The number of carbonyl (C=O) groups is 2. The molecule has 0 aliphatic heterocycles. The first kappa shape index (κ1) is 15.0. The van der Waals surface area contributed by atoms with Crippen LogP contribution < -0.4 is 10.6 Å². The molecule has 2 amide bonds. The Labute approximate surface area is 136 Å². The minimum atomic E-state index is -0.282. The van der Waals surface area contributed by atoms with Crippen molar-refractivity contribution in [1.29, 1.82) is 0 Å². The minimum Gasteiger partial charge on any atom is -0.321 e. The Balaban J connectivity index is 1.71. The van der Waals surface area contributed by atoms with Crippen molar-refractivity contribution in [3.05, 3.63) is 64.5 Å². The summed E-state index contributed by atoms with van der Waals surface area (Å²) in [5.41, 5.74) is 1.01. The zero-order chi connectivity index (χ0) is 16.2. The number of nitrogens with zero attached hydrogens (tertiary/aromatic N) is 2. The summed E-state index contributed by atoms with van der Waals surface area (Å²) in [5.74, 6) is 0.00345. The number of rotatable bonds is 4. The van der Waals surface area contributed by atoms with Crippen LogP contribution in [0.1, 0.15) is 20.0 Å². The molecule has 0 aliphatic carbocycles. The molecular formula is C16H14N4O2S. The SMILES string of the molecule is Cn1ccc(NC(=O)c2cccc(NC(=O)c3cccs3)c2)n1. The highest BCUT2D eigenvalue weighted by atomic mass is 32.1. The largest absolute Gasteiger partial charge is 0.321 e. The van der Waals surface area contributed by atoms with Gasteiger partial charge in [-0.05, 0) is 29.6 Å². The van der Waals surface area contributed by atoms with E-state index in [1.807, 2.05) is 11.4 Å². The molecule has 7 heteroatoms. The topological polar surface area (TPSA) is 76.0 Å². The van der Waals surface area contributed by atoms with Gasteiger partial charge in [-0.2, -0.15) is 5.10 Å². The van der Waals surface area contributed by atoms with Gasteiger partial charge in [0.05, 0.1) is 4.88 Å². The molecule has 3 rings (SSSR count). The normalized spacial score (nSPS) is 10.3. The summed E-state index contributed by atoms with van der Waals surface area (Å²) >= 11 is 1.36. The van der Waals surface area contributed by atoms with Gasteiger partial charge in [-0.25, -0.2) is 0 Å². The van der Waals surface area contributed by atoms with Crippen molar-refractivity contribution >= 4 is 34.7 Å². The van der Waals surface area contributed by atoms with Crippen molar-refractivity contribution < 1.29 is 9.59 Å². The van der Waals surface area contributed by atoms with Crippen LogP contribution in [0.4, 0.5) is 11.5 Å². The number of nitrogens with one attached hydrogen (secondary N) is 2. The third-order valence-electron chi connectivity index (χ3n) is 3.08. The van der Waals surface area contributed by atoms with Crippen LogP contribution in [0.15, 0.2) is 54.0 Å². The Morgan fingerprint density at radius 1 is 1.09 bits per heavy atom. The van der Waals surface area contributed by atoms with Gasteiger partial charge in [-0.3, -0.25) is 14.3 Å². The van der Waals surface area contributed by atoms with Gasteiger partial charge in [0.25, 0.3) is 11.8 Å². The van der Waals surface area contributed by atoms with Gasteiger partial charge < -0.3 is 10.6 Å². The van der Waals surface area contributed by atoms with Gasteiger partial charge in [0.1, 0.15) is 0 Å². The van der Waals surface area contributed by atoms with E-state index < -0.39 is 0 Å². The van der Waals surface area contributed by atoms with E-state index in [0.29, 0.717) is 21.9 Å². The molecule has 1 aromatic carbocycles. The average Bonchev–Trinajstić information content (AvgIpc) is 3.19. The van der Waals surface area contributed by atoms with E-state index in [1.165, 1.54) is 11.3 Å². The number of aryl methyl sites for hydroxylation is 1. The van der Waals surface area contributed by atoms with Crippen molar-refractivity contribution in [3.8, 4) is 0 Å². The fraction of sp³-hybridized carbons (Fsp3) is 0.0625. The van der Waals surface area contributed by atoms with Crippen LogP contribution in [0.5, 0.6) is 0 Å². The molecule has 0 bridgehead atoms. The summed E-state index contributed by atoms with van der Waals surface area (Å²) in [7, 11) is 1.77. The molecule has 6 nitrogen and oxygen atoms in total. The van der Waals surface area contributed by atoms with Crippen molar-refractivity contribution in [2.75, 3.05) is 10.6 Å². The zero-order valence-corrected chi connectivity index (χ0v) is 13.1. The highest BCUT2D eigenvalue weighted by Crippen LogP contribution is 2.15. The maximum atomic E-state index is 12.2. The lowest BCUT2D eigenvalue weighted by Crippen LogP contribution is -2.14. The molecule has 0 atom stereocenters. The van der Waals surface area contributed by atoms with Gasteiger partial charge in [0.2, 0.25) is 0 Å². The molecule has 3 aromatic rings. The quantitative estimate of drug-likeness (QED) is 0.774. The molecule has 2 aromatic heterocycles. The van der Waals surface area contributed by atoms with E-state index in [9.17, 15) is 9.59 Å². The van der Waals surface area contributed by atoms with Crippen molar-refractivity contribution in [2.24, 2.45) is 7.05 Å². The summed E-state index contributed by atoms with van der Waals surface area (Å²) in [4.78, 5) is 24.9. The van der Waals surface area contributed by atoms with Crippen LogP contribution in [0.3, 0.4) is 0 Å². The number of thiophene rings is 1. The molecule has 2 heterocycles. The highest BCUT2D eigenvalue weighted by Gasteiger charge is 2.11. The van der Waals surface area contributed by atoms with Crippen molar-refractivity contribution in [3.63, 3.8) is 0 Å². The molecule has 23 heavy (non-hydrogen) atoms. The zero-order valence-electron chi connectivity index (χ0n) is 12.3. The monoisotopic (exact) mass is 326 g/mol. The number of carbonyl (C=O) groups excluding carboxylic acids is 2. The van der Waals surface area contributed by atoms with E-state index in [1.54, 1.807) is 54.3 Å². The van der Waals surface area contributed by atoms with E-state index in [-0.39, 0.29) is 11.8 Å². The van der Waals surface area contributed by atoms with E-state index >= 15 is 0 Å². The second kappa shape index (κ2) is 6.45. The molecule has 0 fully saturated rings. The van der Waals surface area contributed by atoms with Gasteiger partial charge in [-0.1, -0.05) is 12.1 Å². The number of anilines is 2. The summed E-state index contributed by atoms with van der Waals surface area (Å²) in [6.45, 7) is 0. The first-order valence-corrected chi connectivity index (χ1v) is 7.76. The average molecular weight is 326 g/mol. The van der Waals surface area contributed by atoms with Crippen LogP contribution in [0.2, 0.25) is 0 Å². The van der Waals surface area contributed by atoms with Gasteiger partial charge >= 0.3 is 0 Å². The third kappa shape index (κ3) is 3.64. The Bertz CT molecular complexity index is 839. The number of aromatic nitrogens is 2. The molecule has 0 unspecified atom stereocenters. The lowest BCUT2D eigenvalue weighted by atomic mass is 10.2. The molecular weight excluding hydrogens is 312 g/mol. The first-order chi connectivity index (χ1) is 11.1. The Hall–Kier alpha value is -2.93.